The molecule has 0 fully saturated rings. The minimum absolute atomic E-state index is 0. The van der Waals surface area contributed by atoms with Crippen LogP contribution in [0.1, 0.15) is 48.6 Å². The van der Waals surface area contributed by atoms with Crippen molar-refractivity contribution in [2.75, 3.05) is 0 Å². The number of allylic oxidation sites excluding steroid dienone is 1. The molecule has 0 aliphatic heterocycles. The Morgan fingerprint density at radius 3 is 1.22 bits per heavy atom. The maximum atomic E-state index is 5.91. The quantitative estimate of drug-likeness (QED) is 0.140. The Bertz CT molecular complexity index is 1400. The van der Waals surface area contributed by atoms with Crippen LogP contribution in [0.5, 0.6) is 0 Å². The molecule has 1 nitrogen and oxygen atoms in total. The SMILES string of the molecule is C[CH]=[Ru]([Cl])[Cl].Cc1cccc(C)c1[N]=[Mo].[CH2-]C(C)(C)c1ccccc1.[CH3-].[CH3-].[CH3-].[CH3-].[CH3-].[CH3-].[Cl][Ru]([Cl])=[CH]C=C(c1ccccc1)c1ccccc1. The van der Waals surface area contributed by atoms with Gasteiger partial charge in [0.05, 0.1) is 0 Å². The number of rotatable bonds is 5. The summed E-state index contributed by atoms with van der Waals surface area (Å²) in [5.41, 5.74) is 8.46. The Morgan fingerprint density at radius 2 is 0.980 bits per heavy atom. The first-order valence-electron chi connectivity index (χ1n) is 13.1. The summed E-state index contributed by atoms with van der Waals surface area (Å²) >= 11 is -1.37. The summed E-state index contributed by atoms with van der Waals surface area (Å²) in [5.74, 6) is 0. The zero-order valence-corrected chi connectivity index (χ0v) is 39.4. The second kappa shape index (κ2) is 34.3. The minimum atomic E-state index is -1.77. The van der Waals surface area contributed by atoms with Crippen LogP contribution < -0.4 is 0 Å². The molecule has 0 heterocycles. The van der Waals surface area contributed by atoms with Crippen LogP contribution in [0.25, 0.3) is 5.57 Å². The average molecular weight is 1000 g/mol. The summed E-state index contributed by atoms with van der Waals surface area (Å²) in [6.45, 7) is 14.3. The van der Waals surface area contributed by atoms with Crippen LogP contribution in [0.2, 0.25) is 0 Å². The Labute approximate surface area is 340 Å². The van der Waals surface area contributed by atoms with Gasteiger partial charge in [0.1, 0.15) is 0 Å². The zero-order chi connectivity index (χ0) is 32.3. The third-order valence-corrected chi connectivity index (χ3v) is 10.5. The number of aryl methyl sites for hydroxylation is 2. The predicted molar refractivity (Wildman–Crippen MR) is 222 cm³/mol. The monoisotopic (exact) mass is 1000 g/mol. The number of hydrogen-bond acceptors (Lipinski definition) is 1. The van der Waals surface area contributed by atoms with Gasteiger partial charge in [0.25, 0.3) is 0 Å². The van der Waals surface area contributed by atoms with Gasteiger partial charge < -0.3 is 51.5 Å². The van der Waals surface area contributed by atoms with Gasteiger partial charge >= 0.3 is 237 Å². The summed E-state index contributed by atoms with van der Waals surface area (Å²) in [6, 6.07) is 37.0. The van der Waals surface area contributed by atoms with Crippen molar-refractivity contribution in [2.45, 2.75) is 40.0 Å². The van der Waals surface area contributed by atoms with Crippen molar-refractivity contribution < 1.29 is 46.7 Å². The average Bonchev–Trinajstić information content (AvgIpc) is 2.99. The van der Waals surface area contributed by atoms with E-state index in [0.29, 0.717) is 0 Å². The summed E-state index contributed by atoms with van der Waals surface area (Å²) < 4.78 is 7.94. The number of hydrogen-bond donors (Lipinski definition) is 0. The molecular weight excluding hydrogens is 946 g/mol. The van der Waals surface area contributed by atoms with E-state index in [2.05, 4.69) is 92.7 Å². The van der Waals surface area contributed by atoms with Gasteiger partial charge in [0.2, 0.25) is 0 Å². The molecule has 0 aliphatic carbocycles. The van der Waals surface area contributed by atoms with Crippen LogP contribution in [-0.4, -0.2) is 9.22 Å². The van der Waals surface area contributed by atoms with Gasteiger partial charge in [-0.25, -0.2) is 0 Å². The van der Waals surface area contributed by atoms with Gasteiger partial charge in [-0.15, -0.1) is 5.41 Å². The fourth-order valence-corrected chi connectivity index (χ4v) is 5.28. The molecule has 0 bridgehead atoms. The van der Waals surface area contributed by atoms with Gasteiger partial charge in [-0.1, -0.05) is 49.7 Å². The van der Waals surface area contributed by atoms with Crippen LogP contribution in [0.15, 0.2) is 119 Å². The van der Waals surface area contributed by atoms with Gasteiger partial charge in [0.15, 0.2) is 0 Å². The molecule has 0 saturated heterocycles. The normalized spacial score (nSPS) is 9.27. The number of halogens is 4. The van der Waals surface area contributed by atoms with Crippen LogP contribution in [0, 0.1) is 65.3 Å². The molecule has 0 aromatic heterocycles. The van der Waals surface area contributed by atoms with Crippen molar-refractivity contribution in [3.05, 3.63) is 195 Å². The van der Waals surface area contributed by atoms with E-state index in [1.807, 2.05) is 76.8 Å². The van der Waals surface area contributed by atoms with Crippen LogP contribution in [0.4, 0.5) is 5.69 Å². The third-order valence-electron chi connectivity index (χ3n) is 5.72. The summed E-state index contributed by atoms with van der Waals surface area (Å²) in [7, 11) is 22.4. The van der Waals surface area contributed by atoms with Crippen molar-refractivity contribution >= 4 is 59.2 Å². The van der Waals surface area contributed by atoms with Crippen LogP contribution in [0.3, 0.4) is 0 Å². The molecule has 0 radical (unpaired) electrons. The van der Waals surface area contributed by atoms with Crippen molar-refractivity contribution in [1.82, 2.24) is 0 Å². The van der Waals surface area contributed by atoms with Gasteiger partial charge in [-0.3, -0.25) is 0 Å². The maximum absolute atomic E-state index is 5.91. The molecular formula is C41H56Cl4MoNRu2-7. The molecule has 4 aromatic carbocycles. The van der Waals surface area contributed by atoms with Gasteiger partial charge in [-0.2, -0.15) is 0 Å². The standard InChI is InChI=1S/C15H12.C10H13.C8H9N.C2H4.6CH3.4ClH.Mo.2Ru/c1-2-15(13-9-5-3-6-10-13)14-11-7-4-8-12-14;1-10(2,3)9-7-5-4-6-8-9;1-6-4-3-5-7(2)8(6)9;1-2;;;;;;;;;;;;;/h1-12H;4-8H,1H2,2-3H3;3-5H,1-2H3;1H,2H3;6*1H3;4*1H;;;/q;-1;;;6*-1;;;;;;2*+2/p-4. The molecule has 0 amide bonds. The molecule has 4 aromatic rings. The Kier molecular flexibility index (Phi) is 42.3. The van der Waals surface area contributed by atoms with Gasteiger partial charge in [0, 0.05) is 0 Å². The third kappa shape index (κ3) is 26.7. The van der Waals surface area contributed by atoms with Crippen molar-refractivity contribution in [3.8, 4) is 0 Å². The van der Waals surface area contributed by atoms with Crippen LogP contribution in [-0.2, 0) is 52.1 Å². The topological polar surface area (TPSA) is 12.4 Å². The van der Waals surface area contributed by atoms with E-state index in [0.717, 1.165) is 11.3 Å². The molecule has 0 unspecified atom stereocenters. The molecule has 49 heavy (non-hydrogen) atoms. The summed E-state index contributed by atoms with van der Waals surface area (Å²) in [6.07, 6.45) is 2.03. The molecule has 0 atom stereocenters. The summed E-state index contributed by atoms with van der Waals surface area (Å²) in [5, 5.41) is 0. The fraction of sp³-hybridized carbons (Fsp3) is 0.146. The first-order chi connectivity index (χ1) is 20.4. The first-order valence-corrected chi connectivity index (χ1v) is 25.0. The molecule has 0 spiro atoms. The first kappa shape index (κ1) is 60.4. The van der Waals surface area contributed by atoms with Crippen LogP contribution >= 0.6 is 38.8 Å². The molecule has 8 heteroatoms. The fourth-order valence-electron chi connectivity index (χ4n) is 3.54. The molecule has 0 N–H and O–H groups in total. The number of nitrogens with zero attached hydrogens (tertiary/aromatic N) is 1. The van der Waals surface area contributed by atoms with E-state index in [1.165, 1.54) is 27.8 Å². The second-order valence-corrected chi connectivity index (χ2v) is 22.1. The van der Waals surface area contributed by atoms with Crippen molar-refractivity contribution in [3.63, 3.8) is 0 Å². The molecule has 0 aliphatic rings. The van der Waals surface area contributed by atoms with Crippen molar-refractivity contribution in [2.24, 2.45) is 3.50 Å². The van der Waals surface area contributed by atoms with E-state index < -0.39 is 27.0 Å². The van der Waals surface area contributed by atoms with Crippen molar-refractivity contribution in [1.29, 1.82) is 0 Å². The van der Waals surface area contributed by atoms with E-state index in [-0.39, 0.29) is 50.0 Å². The predicted octanol–water partition coefficient (Wildman–Crippen LogP) is 14.7. The van der Waals surface area contributed by atoms with Gasteiger partial charge in [-0.05, 0) is 0 Å². The Balaban J connectivity index is -0.000000131. The summed E-state index contributed by atoms with van der Waals surface area (Å²) in [4.78, 5) is 0. The molecule has 282 valence electrons. The second-order valence-electron chi connectivity index (χ2n) is 9.63. The van der Waals surface area contributed by atoms with E-state index >= 15 is 0 Å². The molecule has 4 rings (SSSR count). The van der Waals surface area contributed by atoms with E-state index in [9.17, 15) is 0 Å². The Morgan fingerprint density at radius 1 is 0.633 bits per heavy atom. The Hall–Kier alpha value is -0.745. The molecule has 0 saturated carbocycles. The number of benzene rings is 4. The van der Waals surface area contributed by atoms with E-state index in [4.69, 9.17) is 38.8 Å². The van der Waals surface area contributed by atoms with E-state index in [1.54, 1.807) is 19.6 Å². The zero-order valence-electron chi connectivity index (χ0n) is 30.9.